The zero-order valence-electron chi connectivity index (χ0n) is 16.1. The molecular weight excluding hydrogens is 396 g/mol. The second-order valence-corrected chi connectivity index (χ2v) is 6.67. The lowest BCUT2D eigenvalue weighted by Gasteiger charge is -2.11. The van der Waals surface area contributed by atoms with E-state index in [1.807, 2.05) is 13.0 Å². The van der Waals surface area contributed by atoms with Gasteiger partial charge in [0.2, 0.25) is 5.91 Å². The fraction of sp³-hybridized carbons (Fsp3) is 0.263. The third-order valence-electron chi connectivity index (χ3n) is 3.52. The Bertz CT molecular complexity index is 896. The number of carbonyl (C=O) groups is 3. The second-order valence-electron chi connectivity index (χ2n) is 5.81. The summed E-state index contributed by atoms with van der Waals surface area (Å²) in [5.41, 5.74) is 1.54. The molecule has 10 heteroatoms. The van der Waals surface area contributed by atoms with Crippen molar-refractivity contribution < 1.29 is 23.9 Å². The van der Waals surface area contributed by atoms with Crippen LogP contribution >= 0.6 is 11.3 Å². The highest BCUT2D eigenvalue weighted by Gasteiger charge is 2.15. The summed E-state index contributed by atoms with van der Waals surface area (Å²) in [5, 5.41) is 10.1. The molecule has 0 saturated carbocycles. The molecule has 0 spiro atoms. The molecule has 29 heavy (non-hydrogen) atoms. The van der Waals surface area contributed by atoms with E-state index >= 15 is 0 Å². The maximum atomic E-state index is 12.0. The predicted octanol–water partition coefficient (Wildman–Crippen LogP) is 1.97. The highest BCUT2D eigenvalue weighted by atomic mass is 32.1. The van der Waals surface area contributed by atoms with Crippen LogP contribution < -0.4 is 20.7 Å². The van der Waals surface area contributed by atoms with Crippen molar-refractivity contribution in [3.05, 3.63) is 47.5 Å². The number of thiazole rings is 1. The number of hydrogen-bond acceptors (Lipinski definition) is 8. The van der Waals surface area contributed by atoms with Crippen molar-refractivity contribution >= 4 is 39.9 Å². The van der Waals surface area contributed by atoms with Gasteiger partial charge >= 0.3 is 5.97 Å². The highest BCUT2D eigenvalue weighted by molar-refractivity contribution is 7.13. The third kappa shape index (κ3) is 6.92. The molecule has 9 nitrogen and oxygen atoms in total. The summed E-state index contributed by atoms with van der Waals surface area (Å²) in [4.78, 5) is 39.8. The Balaban J connectivity index is 1.76. The lowest BCUT2D eigenvalue weighted by molar-refractivity contribution is -0.126. The van der Waals surface area contributed by atoms with Crippen molar-refractivity contribution in [2.45, 2.75) is 6.92 Å². The maximum Gasteiger partial charge on any atom is 0.358 e. The fourth-order valence-corrected chi connectivity index (χ4v) is 2.85. The van der Waals surface area contributed by atoms with Crippen LogP contribution in [0.3, 0.4) is 0 Å². The molecule has 2 aromatic rings. The standard InChI is InChI=1S/C19H22N4O5S/c1-4-7-20-19-23-14(11-29-19)18(26)28-10-17(25)21-9-16(24)22-13-8-12(2)5-6-15(13)27-3/h4-6,8,11H,1,7,9-10H2,2-3H3,(H,20,23)(H,21,25)(H,22,24). The smallest absolute Gasteiger partial charge is 0.358 e. The van der Waals surface area contributed by atoms with Gasteiger partial charge in [-0.2, -0.15) is 0 Å². The van der Waals surface area contributed by atoms with Crippen LogP contribution in [0.4, 0.5) is 10.8 Å². The molecule has 0 aliphatic heterocycles. The van der Waals surface area contributed by atoms with Crippen molar-refractivity contribution in [1.29, 1.82) is 0 Å². The van der Waals surface area contributed by atoms with E-state index in [9.17, 15) is 14.4 Å². The van der Waals surface area contributed by atoms with Gasteiger partial charge in [-0.1, -0.05) is 12.1 Å². The Morgan fingerprint density at radius 1 is 1.28 bits per heavy atom. The van der Waals surface area contributed by atoms with Gasteiger partial charge in [0.1, 0.15) is 5.75 Å². The minimum absolute atomic E-state index is 0.0960. The minimum Gasteiger partial charge on any atom is -0.495 e. The van der Waals surface area contributed by atoms with Gasteiger partial charge in [-0.3, -0.25) is 9.59 Å². The van der Waals surface area contributed by atoms with E-state index in [0.717, 1.165) is 5.56 Å². The number of hydrogen-bond donors (Lipinski definition) is 3. The van der Waals surface area contributed by atoms with Gasteiger partial charge in [0, 0.05) is 11.9 Å². The molecule has 1 aromatic heterocycles. The summed E-state index contributed by atoms with van der Waals surface area (Å²) in [6.07, 6.45) is 1.66. The fourth-order valence-electron chi connectivity index (χ4n) is 2.16. The number of anilines is 2. The number of nitrogens with one attached hydrogen (secondary N) is 3. The maximum absolute atomic E-state index is 12.0. The first-order chi connectivity index (χ1) is 13.9. The van der Waals surface area contributed by atoms with Crippen molar-refractivity contribution in [2.24, 2.45) is 0 Å². The Hall–Kier alpha value is -3.40. The van der Waals surface area contributed by atoms with Crippen LogP contribution in [-0.2, 0) is 14.3 Å². The van der Waals surface area contributed by atoms with Crippen molar-refractivity contribution in [3.63, 3.8) is 0 Å². The zero-order chi connectivity index (χ0) is 21.2. The van der Waals surface area contributed by atoms with Gasteiger partial charge in [-0.05, 0) is 24.6 Å². The number of carbonyl (C=O) groups excluding carboxylic acids is 3. The van der Waals surface area contributed by atoms with Gasteiger partial charge in [0.15, 0.2) is 17.4 Å². The molecule has 2 amide bonds. The molecule has 0 unspecified atom stereocenters. The van der Waals surface area contributed by atoms with E-state index in [1.54, 1.807) is 18.2 Å². The zero-order valence-corrected chi connectivity index (χ0v) is 16.9. The average molecular weight is 418 g/mol. The van der Waals surface area contributed by atoms with Gasteiger partial charge in [-0.15, -0.1) is 17.9 Å². The van der Waals surface area contributed by atoms with Crippen LogP contribution in [-0.4, -0.2) is 49.6 Å². The number of methoxy groups -OCH3 is 1. The number of benzene rings is 1. The lowest BCUT2D eigenvalue weighted by atomic mass is 10.2. The van der Waals surface area contributed by atoms with E-state index in [4.69, 9.17) is 9.47 Å². The van der Waals surface area contributed by atoms with E-state index in [0.29, 0.717) is 23.1 Å². The highest BCUT2D eigenvalue weighted by Crippen LogP contribution is 2.24. The van der Waals surface area contributed by atoms with Crippen molar-refractivity contribution in [2.75, 3.05) is 37.4 Å². The first-order valence-electron chi connectivity index (χ1n) is 8.61. The topological polar surface area (TPSA) is 119 Å². The van der Waals surface area contributed by atoms with E-state index < -0.39 is 24.4 Å². The molecule has 154 valence electrons. The Labute approximate surface area is 172 Å². The minimum atomic E-state index is -0.725. The van der Waals surface area contributed by atoms with Crippen LogP contribution in [0.15, 0.2) is 36.2 Å². The van der Waals surface area contributed by atoms with Crippen LogP contribution in [0.25, 0.3) is 0 Å². The van der Waals surface area contributed by atoms with E-state index in [1.165, 1.54) is 23.8 Å². The van der Waals surface area contributed by atoms with E-state index in [-0.39, 0.29) is 12.2 Å². The monoisotopic (exact) mass is 418 g/mol. The van der Waals surface area contributed by atoms with Crippen molar-refractivity contribution in [1.82, 2.24) is 10.3 Å². The van der Waals surface area contributed by atoms with Gasteiger partial charge in [-0.25, -0.2) is 9.78 Å². The largest absolute Gasteiger partial charge is 0.495 e. The molecule has 0 bridgehead atoms. The summed E-state index contributed by atoms with van der Waals surface area (Å²) in [7, 11) is 1.50. The van der Waals surface area contributed by atoms with Gasteiger partial charge in [0.25, 0.3) is 5.91 Å². The summed E-state index contributed by atoms with van der Waals surface area (Å²) >= 11 is 1.24. The third-order valence-corrected chi connectivity index (χ3v) is 4.32. The number of ether oxygens (including phenoxy) is 2. The molecule has 0 saturated heterocycles. The molecule has 0 radical (unpaired) electrons. The Kier molecular flexibility index (Phi) is 8.16. The normalized spacial score (nSPS) is 10.0. The molecule has 0 atom stereocenters. The molecule has 3 N–H and O–H groups in total. The number of aryl methyl sites for hydroxylation is 1. The van der Waals surface area contributed by atoms with Crippen LogP contribution in [0.2, 0.25) is 0 Å². The first kappa shape index (κ1) is 21.9. The number of rotatable bonds is 10. The number of aromatic nitrogens is 1. The first-order valence-corrected chi connectivity index (χ1v) is 9.49. The average Bonchev–Trinajstić information content (AvgIpc) is 3.18. The Morgan fingerprint density at radius 2 is 2.07 bits per heavy atom. The summed E-state index contributed by atoms with van der Waals surface area (Å²) < 4.78 is 10.1. The molecule has 0 fully saturated rings. The van der Waals surface area contributed by atoms with Crippen LogP contribution in [0.1, 0.15) is 16.1 Å². The SMILES string of the molecule is C=CCNc1nc(C(=O)OCC(=O)NCC(=O)Nc2cc(C)ccc2OC)cs1. The summed E-state index contributed by atoms with van der Waals surface area (Å²) in [6.45, 7) is 5.17. The number of esters is 1. The van der Waals surface area contributed by atoms with Crippen LogP contribution in [0, 0.1) is 6.92 Å². The molecule has 1 aromatic carbocycles. The number of amides is 2. The lowest BCUT2D eigenvalue weighted by Crippen LogP contribution is -2.35. The summed E-state index contributed by atoms with van der Waals surface area (Å²) in [6, 6.07) is 5.34. The quantitative estimate of drug-likeness (QED) is 0.399. The van der Waals surface area contributed by atoms with Gasteiger partial charge in [0.05, 0.1) is 19.3 Å². The molecule has 1 heterocycles. The van der Waals surface area contributed by atoms with Crippen LogP contribution in [0.5, 0.6) is 5.75 Å². The predicted molar refractivity (Wildman–Crippen MR) is 110 cm³/mol. The van der Waals surface area contributed by atoms with E-state index in [2.05, 4.69) is 27.5 Å². The molecular formula is C19H22N4O5S. The van der Waals surface area contributed by atoms with Gasteiger partial charge < -0.3 is 25.4 Å². The Morgan fingerprint density at radius 3 is 2.79 bits per heavy atom. The van der Waals surface area contributed by atoms with Crippen molar-refractivity contribution in [3.8, 4) is 5.75 Å². The number of nitrogens with zero attached hydrogens (tertiary/aromatic N) is 1. The molecule has 2 rings (SSSR count). The second kappa shape index (κ2) is 10.8. The summed E-state index contributed by atoms with van der Waals surface area (Å²) in [5.74, 6) is -1.26. The molecule has 0 aliphatic rings. The molecule has 0 aliphatic carbocycles.